The van der Waals surface area contributed by atoms with E-state index in [1.54, 1.807) is 0 Å². The van der Waals surface area contributed by atoms with E-state index in [0.29, 0.717) is 0 Å². The van der Waals surface area contributed by atoms with Crippen molar-refractivity contribution in [2.24, 2.45) is 5.92 Å². The highest BCUT2D eigenvalue weighted by Gasteiger charge is 2.18. The van der Waals surface area contributed by atoms with E-state index in [0.717, 1.165) is 5.92 Å². The summed E-state index contributed by atoms with van der Waals surface area (Å²) >= 11 is 0. The van der Waals surface area contributed by atoms with Gasteiger partial charge in [-0.15, -0.1) is 0 Å². The topological polar surface area (TPSA) is 18.5 Å². The van der Waals surface area contributed by atoms with Crippen LogP contribution < -0.4 is 10.2 Å². The number of nitrogens with zero attached hydrogens (tertiary/aromatic N) is 2. The molecule has 1 fully saturated rings. The van der Waals surface area contributed by atoms with Gasteiger partial charge < -0.3 is 15.1 Å². The molecule has 1 saturated heterocycles. The molecule has 0 atom stereocenters. The zero-order valence-electron chi connectivity index (χ0n) is 11.8. The van der Waals surface area contributed by atoms with Crippen LogP contribution in [0.5, 0.6) is 0 Å². The molecule has 1 heterocycles. The first-order chi connectivity index (χ1) is 8.69. The zero-order chi connectivity index (χ0) is 13.0. The van der Waals surface area contributed by atoms with Gasteiger partial charge in [0.1, 0.15) is 0 Å². The van der Waals surface area contributed by atoms with E-state index in [2.05, 4.69) is 53.5 Å². The Balaban J connectivity index is 1.88. The lowest BCUT2D eigenvalue weighted by atomic mass is 9.96. The van der Waals surface area contributed by atoms with Crippen molar-refractivity contribution < 1.29 is 0 Å². The van der Waals surface area contributed by atoms with E-state index >= 15 is 0 Å². The molecule has 1 aromatic rings. The van der Waals surface area contributed by atoms with Crippen LogP contribution in [0.3, 0.4) is 0 Å². The molecular weight excluding hydrogens is 222 g/mol. The monoisotopic (exact) mass is 247 g/mol. The molecule has 18 heavy (non-hydrogen) atoms. The number of hydrogen-bond donors (Lipinski definition) is 1. The summed E-state index contributed by atoms with van der Waals surface area (Å²) in [7, 11) is 6.38. The van der Waals surface area contributed by atoms with Crippen LogP contribution >= 0.6 is 0 Å². The van der Waals surface area contributed by atoms with Crippen molar-refractivity contribution in [3.8, 4) is 0 Å². The van der Waals surface area contributed by atoms with Gasteiger partial charge in [-0.1, -0.05) is 0 Å². The second kappa shape index (κ2) is 6.10. The van der Waals surface area contributed by atoms with Crippen LogP contribution in [0.4, 0.5) is 11.4 Å². The number of piperidine rings is 1. The van der Waals surface area contributed by atoms with E-state index < -0.39 is 0 Å². The molecule has 3 nitrogen and oxygen atoms in total. The molecular formula is C15H25N3. The molecule has 0 aromatic heterocycles. The van der Waals surface area contributed by atoms with E-state index in [1.807, 2.05) is 7.05 Å². The highest BCUT2D eigenvalue weighted by molar-refractivity contribution is 5.54. The maximum absolute atomic E-state index is 3.16. The average Bonchev–Trinajstić information content (AvgIpc) is 2.41. The Labute approximate surface area is 111 Å². The fourth-order valence-electron chi connectivity index (χ4n) is 2.62. The summed E-state index contributed by atoms with van der Waals surface area (Å²) in [6, 6.07) is 8.67. The van der Waals surface area contributed by atoms with Gasteiger partial charge in [0.15, 0.2) is 0 Å². The molecule has 0 radical (unpaired) electrons. The van der Waals surface area contributed by atoms with Gasteiger partial charge in [-0.2, -0.15) is 0 Å². The fraction of sp³-hybridized carbons (Fsp3) is 0.600. The molecule has 0 aliphatic carbocycles. The molecule has 1 aliphatic heterocycles. The van der Waals surface area contributed by atoms with E-state index in [9.17, 15) is 0 Å². The second-order valence-electron chi connectivity index (χ2n) is 5.42. The number of rotatable bonds is 4. The number of likely N-dealkylation sites (tertiary alicyclic amines) is 1. The number of anilines is 2. The van der Waals surface area contributed by atoms with Gasteiger partial charge in [0.2, 0.25) is 0 Å². The van der Waals surface area contributed by atoms with Gasteiger partial charge in [-0.05, 0) is 63.2 Å². The van der Waals surface area contributed by atoms with Crippen molar-refractivity contribution in [1.29, 1.82) is 0 Å². The van der Waals surface area contributed by atoms with Crippen LogP contribution in [0.1, 0.15) is 12.8 Å². The maximum Gasteiger partial charge on any atom is 0.0365 e. The summed E-state index contributed by atoms with van der Waals surface area (Å²) < 4.78 is 0. The molecule has 1 N–H and O–H groups in total. The van der Waals surface area contributed by atoms with Crippen molar-refractivity contribution in [3.05, 3.63) is 24.3 Å². The van der Waals surface area contributed by atoms with E-state index in [1.165, 1.54) is 43.9 Å². The molecule has 0 unspecified atom stereocenters. The largest absolute Gasteiger partial charge is 0.388 e. The Morgan fingerprint density at radius 2 is 1.83 bits per heavy atom. The number of hydrogen-bond acceptors (Lipinski definition) is 3. The third-order valence-electron chi connectivity index (χ3n) is 3.97. The molecule has 2 rings (SSSR count). The van der Waals surface area contributed by atoms with Gasteiger partial charge in [0.05, 0.1) is 0 Å². The van der Waals surface area contributed by atoms with Gasteiger partial charge in [0.25, 0.3) is 0 Å². The van der Waals surface area contributed by atoms with Gasteiger partial charge in [-0.3, -0.25) is 0 Å². The standard InChI is InChI=1S/C15H25N3/c1-16-14-4-6-15(7-5-14)18(3)12-13-8-10-17(2)11-9-13/h4-7,13,16H,8-12H2,1-3H3. The van der Waals surface area contributed by atoms with Crippen LogP contribution in [0.15, 0.2) is 24.3 Å². The molecule has 100 valence electrons. The van der Waals surface area contributed by atoms with Crippen LogP contribution in [0.25, 0.3) is 0 Å². The maximum atomic E-state index is 3.16. The quantitative estimate of drug-likeness (QED) is 0.882. The Morgan fingerprint density at radius 1 is 1.22 bits per heavy atom. The Hall–Kier alpha value is -1.22. The van der Waals surface area contributed by atoms with Crippen molar-refractivity contribution in [2.75, 3.05) is 51.0 Å². The Kier molecular flexibility index (Phi) is 4.48. The first kappa shape index (κ1) is 13.2. The molecule has 0 bridgehead atoms. The van der Waals surface area contributed by atoms with Crippen LogP contribution in [0, 0.1) is 5.92 Å². The van der Waals surface area contributed by atoms with E-state index in [-0.39, 0.29) is 0 Å². The van der Waals surface area contributed by atoms with Crippen LogP contribution in [0.2, 0.25) is 0 Å². The first-order valence-electron chi connectivity index (χ1n) is 6.86. The number of benzene rings is 1. The second-order valence-corrected chi connectivity index (χ2v) is 5.42. The predicted molar refractivity (Wildman–Crippen MR) is 79.5 cm³/mol. The highest BCUT2D eigenvalue weighted by Crippen LogP contribution is 2.21. The number of nitrogens with one attached hydrogen (secondary N) is 1. The van der Waals surface area contributed by atoms with Gasteiger partial charge in [-0.25, -0.2) is 0 Å². The van der Waals surface area contributed by atoms with Crippen molar-refractivity contribution in [2.45, 2.75) is 12.8 Å². The summed E-state index contributed by atoms with van der Waals surface area (Å²) in [4.78, 5) is 4.81. The minimum Gasteiger partial charge on any atom is -0.388 e. The molecule has 0 saturated carbocycles. The lowest BCUT2D eigenvalue weighted by Gasteiger charge is -2.32. The molecule has 1 aliphatic rings. The average molecular weight is 247 g/mol. The predicted octanol–water partition coefficient (Wildman–Crippen LogP) is 2.51. The fourth-order valence-corrected chi connectivity index (χ4v) is 2.62. The van der Waals surface area contributed by atoms with Crippen molar-refractivity contribution >= 4 is 11.4 Å². The Morgan fingerprint density at radius 3 is 2.39 bits per heavy atom. The Bertz CT molecular complexity index is 353. The third-order valence-corrected chi connectivity index (χ3v) is 3.97. The lowest BCUT2D eigenvalue weighted by Crippen LogP contribution is -2.35. The van der Waals surface area contributed by atoms with Crippen LogP contribution in [-0.4, -0.2) is 45.7 Å². The SMILES string of the molecule is CNc1ccc(N(C)CC2CCN(C)CC2)cc1. The lowest BCUT2D eigenvalue weighted by molar-refractivity contribution is 0.222. The first-order valence-corrected chi connectivity index (χ1v) is 6.86. The summed E-state index contributed by atoms with van der Waals surface area (Å²) in [5.41, 5.74) is 2.49. The smallest absolute Gasteiger partial charge is 0.0365 e. The molecule has 3 heteroatoms. The van der Waals surface area contributed by atoms with Crippen molar-refractivity contribution in [3.63, 3.8) is 0 Å². The summed E-state index contributed by atoms with van der Waals surface area (Å²) in [5, 5.41) is 3.16. The van der Waals surface area contributed by atoms with Gasteiger partial charge in [0, 0.05) is 32.0 Å². The zero-order valence-corrected chi connectivity index (χ0v) is 11.8. The molecule has 0 amide bonds. The third kappa shape index (κ3) is 3.39. The normalized spacial score (nSPS) is 17.7. The minimum atomic E-state index is 0.843. The van der Waals surface area contributed by atoms with Crippen LogP contribution in [-0.2, 0) is 0 Å². The minimum absolute atomic E-state index is 0.843. The summed E-state index contributed by atoms with van der Waals surface area (Å²) in [6.07, 6.45) is 2.66. The van der Waals surface area contributed by atoms with Crippen molar-refractivity contribution in [1.82, 2.24) is 4.90 Å². The van der Waals surface area contributed by atoms with E-state index in [4.69, 9.17) is 0 Å². The summed E-state index contributed by atoms with van der Waals surface area (Å²) in [5.74, 6) is 0.843. The van der Waals surface area contributed by atoms with Gasteiger partial charge >= 0.3 is 0 Å². The molecule has 1 aromatic carbocycles. The molecule has 0 spiro atoms. The summed E-state index contributed by atoms with van der Waals surface area (Å²) in [6.45, 7) is 3.67. The highest BCUT2D eigenvalue weighted by atomic mass is 15.1.